The summed E-state index contributed by atoms with van der Waals surface area (Å²) in [4.78, 5) is 22.9. The molecule has 1 aromatic rings. The SMILES string of the molecule is CCOC(=O)C1CCC(Oc2ccc(C(C)=O)c(F)c2)CC1. The highest BCUT2D eigenvalue weighted by Crippen LogP contribution is 2.29. The number of halogens is 1. The fourth-order valence-corrected chi connectivity index (χ4v) is 2.72. The summed E-state index contributed by atoms with van der Waals surface area (Å²) >= 11 is 0. The first-order chi connectivity index (χ1) is 10.5. The molecule has 0 heterocycles. The summed E-state index contributed by atoms with van der Waals surface area (Å²) in [6, 6.07) is 4.29. The van der Waals surface area contributed by atoms with Crippen molar-refractivity contribution in [2.45, 2.75) is 45.6 Å². The maximum absolute atomic E-state index is 13.7. The number of rotatable bonds is 5. The van der Waals surface area contributed by atoms with Gasteiger partial charge in [-0.25, -0.2) is 4.39 Å². The Morgan fingerprint density at radius 3 is 2.45 bits per heavy atom. The largest absolute Gasteiger partial charge is 0.490 e. The molecule has 0 amide bonds. The molecule has 0 radical (unpaired) electrons. The maximum Gasteiger partial charge on any atom is 0.308 e. The van der Waals surface area contributed by atoms with Gasteiger partial charge in [-0.05, 0) is 51.7 Å². The van der Waals surface area contributed by atoms with Crippen LogP contribution in [0.15, 0.2) is 18.2 Å². The summed E-state index contributed by atoms with van der Waals surface area (Å²) in [6.07, 6.45) is 2.88. The van der Waals surface area contributed by atoms with Crippen LogP contribution in [0, 0.1) is 11.7 Å². The number of hydrogen-bond acceptors (Lipinski definition) is 4. The second kappa shape index (κ2) is 7.38. The van der Waals surface area contributed by atoms with Crippen LogP contribution in [0.25, 0.3) is 0 Å². The zero-order chi connectivity index (χ0) is 16.1. The molecule has 2 rings (SSSR count). The predicted molar refractivity (Wildman–Crippen MR) is 79.4 cm³/mol. The van der Waals surface area contributed by atoms with E-state index >= 15 is 0 Å². The van der Waals surface area contributed by atoms with Gasteiger partial charge >= 0.3 is 5.97 Å². The first-order valence-electron chi connectivity index (χ1n) is 7.65. The van der Waals surface area contributed by atoms with Crippen LogP contribution >= 0.6 is 0 Å². The number of benzene rings is 1. The van der Waals surface area contributed by atoms with Gasteiger partial charge in [0, 0.05) is 6.07 Å². The average molecular weight is 308 g/mol. The summed E-state index contributed by atoms with van der Waals surface area (Å²) in [5, 5.41) is 0. The monoisotopic (exact) mass is 308 g/mol. The molecule has 1 aromatic carbocycles. The van der Waals surface area contributed by atoms with Gasteiger partial charge in [-0.3, -0.25) is 9.59 Å². The third-order valence-electron chi connectivity index (χ3n) is 3.92. The van der Waals surface area contributed by atoms with Crippen molar-refractivity contribution in [3.05, 3.63) is 29.6 Å². The first-order valence-corrected chi connectivity index (χ1v) is 7.65. The summed E-state index contributed by atoms with van der Waals surface area (Å²) in [5.41, 5.74) is 0.0679. The Morgan fingerprint density at radius 2 is 1.91 bits per heavy atom. The lowest BCUT2D eigenvalue weighted by Crippen LogP contribution is -2.29. The van der Waals surface area contributed by atoms with Crippen molar-refractivity contribution >= 4 is 11.8 Å². The van der Waals surface area contributed by atoms with Gasteiger partial charge in [-0.15, -0.1) is 0 Å². The number of ketones is 1. The average Bonchev–Trinajstić information content (AvgIpc) is 2.48. The van der Waals surface area contributed by atoms with Crippen molar-refractivity contribution in [3.63, 3.8) is 0 Å². The van der Waals surface area contributed by atoms with E-state index in [2.05, 4.69) is 0 Å². The van der Waals surface area contributed by atoms with Gasteiger partial charge in [-0.2, -0.15) is 0 Å². The van der Waals surface area contributed by atoms with Crippen LogP contribution in [0.3, 0.4) is 0 Å². The van der Waals surface area contributed by atoms with Crippen LogP contribution in [0.5, 0.6) is 5.75 Å². The lowest BCUT2D eigenvalue weighted by atomic mass is 9.87. The van der Waals surface area contributed by atoms with Gasteiger partial charge in [0.05, 0.1) is 24.2 Å². The molecule has 4 nitrogen and oxygen atoms in total. The second-order valence-corrected chi connectivity index (χ2v) is 5.54. The lowest BCUT2D eigenvalue weighted by molar-refractivity contribution is -0.149. The quantitative estimate of drug-likeness (QED) is 0.617. The standard InChI is InChI=1S/C17H21FO4/c1-3-21-17(20)12-4-6-13(7-5-12)22-14-8-9-15(11(2)19)16(18)10-14/h8-10,12-13H,3-7H2,1-2H3. The number of hydrogen-bond donors (Lipinski definition) is 0. The first kappa shape index (κ1) is 16.5. The van der Waals surface area contributed by atoms with E-state index < -0.39 is 5.82 Å². The molecule has 0 unspecified atom stereocenters. The van der Waals surface area contributed by atoms with E-state index in [0.717, 1.165) is 25.7 Å². The van der Waals surface area contributed by atoms with Crippen LogP contribution in [0.1, 0.15) is 49.9 Å². The maximum atomic E-state index is 13.7. The third kappa shape index (κ3) is 4.06. The third-order valence-corrected chi connectivity index (χ3v) is 3.92. The minimum atomic E-state index is -0.565. The molecule has 0 spiro atoms. The Bertz CT molecular complexity index is 548. The molecule has 120 valence electrons. The Morgan fingerprint density at radius 1 is 1.23 bits per heavy atom. The smallest absolute Gasteiger partial charge is 0.308 e. The highest BCUT2D eigenvalue weighted by molar-refractivity contribution is 5.94. The molecule has 0 N–H and O–H groups in total. The molecule has 5 heteroatoms. The van der Waals surface area contributed by atoms with Crippen molar-refractivity contribution in [1.82, 2.24) is 0 Å². The number of carbonyl (C=O) groups is 2. The zero-order valence-electron chi connectivity index (χ0n) is 12.9. The van der Waals surface area contributed by atoms with Crippen LogP contribution in [-0.4, -0.2) is 24.5 Å². The topological polar surface area (TPSA) is 52.6 Å². The van der Waals surface area contributed by atoms with Crippen LogP contribution in [0.2, 0.25) is 0 Å². The van der Waals surface area contributed by atoms with Crippen LogP contribution in [-0.2, 0) is 9.53 Å². The predicted octanol–water partition coefficient (Wildman–Crippen LogP) is 3.53. The molecule has 1 fully saturated rings. The van der Waals surface area contributed by atoms with Crippen molar-refractivity contribution in [2.24, 2.45) is 5.92 Å². The van der Waals surface area contributed by atoms with Gasteiger partial charge in [-0.1, -0.05) is 0 Å². The van der Waals surface area contributed by atoms with Crippen LogP contribution in [0.4, 0.5) is 4.39 Å². The molecule has 22 heavy (non-hydrogen) atoms. The highest BCUT2D eigenvalue weighted by Gasteiger charge is 2.28. The minimum absolute atomic E-state index is 0.0340. The molecule has 0 aromatic heterocycles. The van der Waals surface area contributed by atoms with E-state index in [-0.39, 0.29) is 29.3 Å². The molecule has 0 saturated heterocycles. The van der Waals surface area contributed by atoms with Crippen molar-refractivity contribution < 1.29 is 23.5 Å². The molecule has 1 saturated carbocycles. The fourth-order valence-electron chi connectivity index (χ4n) is 2.72. The van der Waals surface area contributed by atoms with Gasteiger partial charge in [0.2, 0.25) is 0 Å². The van der Waals surface area contributed by atoms with E-state index in [1.54, 1.807) is 13.0 Å². The highest BCUT2D eigenvalue weighted by atomic mass is 19.1. The molecule has 1 aliphatic carbocycles. The molecule has 0 aliphatic heterocycles. The van der Waals surface area contributed by atoms with Gasteiger partial charge in [0.1, 0.15) is 11.6 Å². The van der Waals surface area contributed by atoms with E-state index in [1.807, 2.05) is 0 Å². The number of carbonyl (C=O) groups excluding carboxylic acids is 2. The van der Waals surface area contributed by atoms with E-state index in [4.69, 9.17) is 9.47 Å². The Labute approximate surface area is 129 Å². The number of ether oxygens (including phenoxy) is 2. The molecule has 0 bridgehead atoms. The van der Waals surface area contributed by atoms with Gasteiger partial charge in [0.25, 0.3) is 0 Å². The summed E-state index contributed by atoms with van der Waals surface area (Å²) in [5.74, 6) is -0.652. The fraction of sp³-hybridized carbons (Fsp3) is 0.529. The van der Waals surface area contributed by atoms with Crippen molar-refractivity contribution in [1.29, 1.82) is 0 Å². The lowest BCUT2D eigenvalue weighted by Gasteiger charge is -2.27. The van der Waals surface area contributed by atoms with Crippen molar-refractivity contribution in [2.75, 3.05) is 6.61 Å². The summed E-state index contributed by atoms with van der Waals surface area (Å²) in [6.45, 7) is 3.53. The van der Waals surface area contributed by atoms with Gasteiger partial charge in [0.15, 0.2) is 5.78 Å². The van der Waals surface area contributed by atoms with E-state index in [0.29, 0.717) is 12.4 Å². The Kier molecular flexibility index (Phi) is 5.52. The summed E-state index contributed by atoms with van der Waals surface area (Å²) in [7, 11) is 0. The number of esters is 1. The normalized spacial score (nSPS) is 21.2. The molecular formula is C17H21FO4. The molecule has 0 atom stereocenters. The number of Topliss-reactive ketones (excluding diaryl/α,β-unsaturated/α-hetero) is 1. The molecular weight excluding hydrogens is 287 g/mol. The van der Waals surface area contributed by atoms with Crippen LogP contribution < -0.4 is 4.74 Å². The molecule has 1 aliphatic rings. The Balaban J connectivity index is 1.90. The van der Waals surface area contributed by atoms with E-state index in [1.165, 1.54) is 19.1 Å². The van der Waals surface area contributed by atoms with Crippen molar-refractivity contribution in [3.8, 4) is 5.75 Å². The second-order valence-electron chi connectivity index (χ2n) is 5.54. The zero-order valence-corrected chi connectivity index (χ0v) is 12.9. The Hall–Kier alpha value is -1.91. The van der Waals surface area contributed by atoms with E-state index in [9.17, 15) is 14.0 Å². The summed E-state index contributed by atoms with van der Waals surface area (Å²) < 4.78 is 24.5. The van der Waals surface area contributed by atoms with Gasteiger partial charge < -0.3 is 9.47 Å². The minimum Gasteiger partial charge on any atom is -0.490 e.